The molecule has 0 aliphatic rings. The number of oxime groups is 1. The first-order chi connectivity index (χ1) is 15.8. The normalized spacial score (nSPS) is 12.3. The number of halogens is 3. The van der Waals surface area contributed by atoms with Crippen LogP contribution in [-0.2, 0) is 17.7 Å². The number of rotatable bonds is 13. The summed E-state index contributed by atoms with van der Waals surface area (Å²) in [6.07, 6.45) is 5.07. The van der Waals surface area contributed by atoms with Crippen molar-refractivity contribution in [1.82, 2.24) is 0 Å². The first-order valence-electron chi connectivity index (χ1n) is 11.2. The molecule has 0 aliphatic carbocycles. The molecule has 0 fully saturated rings. The molecular formula is C26H32Cl3NO3. The van der Waals surface area contributed by atoms with E-state index in [1.165, 1.54) is 0 Å². The third-order valence-electron chi connectivity index (χ3n) is 5.09. The number of aryl methyl sites for hydroxylation is 2. The molecule has 2 rings (SSSR count). The molecule has 180 valence electrons. The topological polar surface area (TPSA) is 40.0 Å². The number of benzene rings is 2. The van der Waals surface area contributed by atoms with Gasteiger partial charge in [0.1, 0.15) is 29.2 Å². The second-order valence-electron chi connectivity index (χ2n) is 7.67. The van der Waals surface area contributed by atoms with E-state index >= 15 is 0 Å². The van der Waals surface area contributed by atoms with Gasteiger partial charge >= 0.3 is 0 Å². The molecule has 0 N–H and O–H groups in total. The van der Waals surface area contributed by atoms with E-state index in [-0.39, 0.29) is 10.6 Å². The third kappa shape index (κ3) is 9.48. The lowest BCUT2D eigenvalue weighted by Gasteiger charge is -2.21. The van der Waals surface area contributed by atoms with Crippen molar-refractivity contribution < 1.29 is 14.3 Å². The summed E-state index contributed by atoms with van der Waals surface area (Å²) in [6, 6.07) is 11.6. The Kier molecular flexibility index (Phi) is 11.9. The van der Waals surface area contributed by atoms with Gasteiger partial charge in [-0.15, -0.1) is 0 Å². The highest BCUT2D eigenvalue weighted by Gasteiger charge is 2.14. The summed E-state index contributed by atoms with van der Waals surface area (Å²) in [6.45, 7) is 9.08. The van der Waals surface area contributed by atoms with Gasteiger partial charge in [-0.3, -0.25) is 0 Å². The van der Waals surface area contributed by atoms with Crippen LogP contribution in [0.1, 0.15) is 57.2 Å². The highest BCUT2D eigenvalue weighted by atomic mass is 35.5. The second kappa shape index (κ2) is 14.4. The Morgan fingerprint density at radius 1 is 1.06 bits per heavy atom. The van der Waals surface area contributed by atoms with Crippen molar-refractivity contribution in [3.63, 3.8) is 0 Å². The van der Waals surface area contributed by atoms with E-state index in [9.17, 15) is 0 Å². The van der Waals surface area contributed by atoms with Gasteiger partial charge in [0, 0.05) is 5.02 Å². The molecule has 0 saturated carbocycles. The maximum absolute atomic E-state index is 6.35. The van der Waals surface area contributed by atoms with Gasteiger partial charge < -0.3 is 14.3 Å². The molecule has 0 amide bonds. The fraction of sp³-hybridized carbons (Fsp3) is 0.423. The average Bonchev–Trinajstić information content (AvgIpc) is 2.79. The van der Waals surface area contributed by atoms with Crippen LogP contribution in [0.3, 0.4) is 0 Å². The van der Waals surface area contributed by atoms with Crippen molar-refractivity contribution >= 4 is 40.5 Å². The van der Waals surface area contributed by atoms with Crippen molar-refractivity contribution in [3.05, 3.63) is 68.7 Å². The van der Waals surface area contributed by atoms with E-state index in [2.05, 4.69) is 25.9 Å². The Balaban J connectivity index is 1.89. The Bertz CT molecular complexity index is 913. The molecule has 7 heteroatoms. The standard InChI is InChI=1S/C26H32Cl3NO3/c1-5-20-16-24(31-15-13-25(28)29)17-21(6-2)26(20)33-18(3)8-7-14-32-30-19(4)22-9-11-23(27)12-10-22/h9-13,16-18H,5-8,14-15H2,1-4H3. The average molecular weight is 513 g/mol. The minimum atomic E-state index is 0.0512. The Labute approximate surface area is 212 Å². The van der Waals surface area contributed by atoms with Gasteiger partial charge in [0.25, 0.3) is 0 Å². The van der Waals surface area contributed by atoms with Crippen molar-refractivity contribution in [1.29, 1.82) is 0 Å². The summed E-state index contributed by atoms with van der Waals surface area (Å²) in [4.78, 5) is 5.50. The number of nitrogens with zero attached hydrogens (tertiary/aromatic N) is 1. The summed E-state index contributed by atoms with van der Waals surface area (Å²) in [5.74, 6) is 1.74. The minimum absolute atomic E-state index is 0.0512. The fourth-order valence-corrected chi connectivity index (χ4v) is 3.52. The second-order valence-corrected chi connectivity index (χ2v) is 9.11. The molecule has 4 nitrogen and oxygen atoms in total. The fourth-order valence-electron chi connectivity index (χ4n) is 3.26. The quantitative estimate of drug-likeness (QED) is 0.154. The Morgan fingerprint density at radius 3 is 2.27 bits per heavy atom. The van der Waals surface area contributed by atoms with Crippen LogP contribution in [0.15, 0.2) is 52.1 Å². The molecular weight excluding hydrogens is 481 g/mol. The molecule has 2 aromatic rings. The molecule has 0 radical (unpaired) electrons. The first-order valence-corrected chi connectivity index (χ1v) is 12.4. The van der Waals surface area contributed by atoms with Crippen molar-refractivity contribution in [3.8, 4) is 11.5 Å². The lowest BCUT2D eigenvalue weighted by Crippen LogP contribution is -2.15. The molecule has 0 spiro atoms. The van der Waals surface area contributed by atoms with Gasteiger partial charge in [-0.1, -0.05) is 65.9 Å². The van der Waals surface area contributed by atoms with Gasteiger partial charge in [0.2, 0.25) is 0 Å². The molecule has 0 aliphatic heterocycles. The lowest BCUT2D eigenvalue weighted by molar-refractivity contribution is 0.124. The lowest BCUT2D eigenvalue weighted by atomic mass is 10.0. The zero-order chi connectivity index (χ0) is 24.2. The maximum atomic E-state index is 6.35. The summed E-state index contributed by atoms with van der Waals surface area (Å²) in [5, 5.41) is 4.91. The van der Waals surface area contributed by atoms with E-state index in [1.54, 1.807) is 6.08 Å². The third-order valence-corrected chi connectivity index (χ3v) is 5.66. The molecule has 0 heterocycles. The monoisotopic (exact) mass is 511 g/mol. The number of hydrogen-bond acceptors (Lipinski definition) is 4. The van der Waals surface area contributed by atoms with Crippen LogP contribution in [-0.4, -0.2) is 25.0 Å². The molecule has 0 aromatic heterocycles. The van der Waals surface area contributed by atoms with Gasteiger partial charge in [-0.05, 0) is 86.6 Å². The van der Waals surface area contributed by atoms with Gasteiger partial charge in [0.15, 0.2) is 0 Å². The van der Waals surface area contributed by atoms with Crippen LogP contribution < -0.4 is 9.47 Å². The molecule has 33 heavy (non-hydrogen) atoms. The smallest absolute Gasteiger partial charge is 0.126 e. The summed E-state index contributed by atoms with van der Waals surface area (Å²) in [7, 11) is 0. The summed E-state index contributed by atoms with van der Waals surface area (Å²) in [5.41, 5.74) is 4.06. The van der Waals surface area contributed by atoms with Gasteiger partial charge in [0.05, 0.1) is 11.8 Å². The van der Waals surface area contributed by atoms with Crippen LogP contribution in [0.2, 0.25) is 5.02 Å². The summed E-state index contributed by atoms with van der Waals surface area (Å²) < 4.78 is 12.3. The molecule has 0 bridgehead atoms. The zero-order valence-corrected chi connectivity index (χ0v) is 21.9. The molecule has 1 unspecified atom stereocenters. The predicted molar refractivity (Wildman–Crippen MR) is 139 cm³/mol. The van der Waals surface area contributed by atoms with Crippen molar-refractivity contribution in [2.24, 2.45) is 5.16 Å². The van der Waals surface area contributed by atoms with E-state index in [0.717, 1.165) is 59.6 Å². The highest BCUT2D eigenvalue weighted by molar-refractivity contribution is 6.55. The highest BCUT2D eigenvalue weighted by Crippen LogP contribution is 2.32. The molecule has 1 atom stereocenters. The van der Waals surface area contributed by atoms with Gasteiger partial charge in [-0.2, -0.15) is 0 Å². The van der Waals surface area contributed by atoms with Crippen LogP contribution in [0.25, 0.3) is 0 Å². The summed E-state index contributed by atoms with van der Waals surface area (Å²) >= 11 is 17.2. The largest absolute Gasteiger partial charge is 0.490 e. The van der Waals surface area contributed by atoms with E-state index in [1.807, 2.05) is 43.3 Å². The Hall–Kier alpha value is -1.88. The van der Waals surface area contributed by atoms with Crippen LogP contribution >= 0.6 is 34.8 Å². The Morgan fingerprint density at radius 2 is 1.70 bits per heavy atom. The minimum Gasteiger partial charge on any atom is -0.490 e. The molecule has 0 saturated heterocycles. The van der Waals surface area contributed by atoms with E-state index < -0.39 is 0 Å². The maximum Gasteiger partial charge on any atom is 0.126 e. The van der Waals surface area contributed by atoms with Crippen LogP contribution in [0.4, 0.5) is 0 Å². The predicted octanol–water partition coefficient (Wildman–Crippen LogP) is 8.15. The number of hydrogen-bond donors (Lipinski definition) is 0. The number of ether oxygens (including phenoxy) is 2. The SMILES string of the molecule is CCc1cc(OCC=C(Cl)Cl)cc(CC)c1OC(C)CCCON=C(C)c1ccc(Cl)cc1. The van der Waals surface area contributed by atoms with Crippen LogP contribution in [0, 0.1) is 0 Å². The van der Waals surface area contributed by atoms with Crippen LogP contribution in [0.5, 0.6) is 11.5 Å². The van der Waals surface area contributed by atoms with Gasteiger partial charge in [-0.25, -0.2) is 0 Å². The molecule has 2 aromatic carbocycles. The van der Waals surface area contributed by atoms with E-state index in [0.29, 0.717) is 18.2 Å². The zero-order valence-electron chi connectivity index (χ0n) is 19.7. The van der Waals surface area contributed by atoms with E-state index in [4.69, 9.17) is 49.1 Å². The first kappa shape index (κ1) is 27.4. The van der Waals surface area contributed by atoms with Crippen molar-refractivity contribution in [2.75, 3.05) is 13.2 Å². The van der Waals surface area contributed by atoms with Crippen molar-refractivity contribution in [2.45, 2.75) is 59.5 Å².